The molecule has 2 aliphatic heterocycles. The van der Waals surface area contributed by atoms with Crippen molar-refractivity contribution in [2.45, 2.75) is 96.3 Å². The number of aryl methyl sites for hydroxylation is 1. The Labute approximate surface area is 362 Å². The minimum atomic E-state index is -0.697. The van der Waals surface area contributed by atoms with E-state index in [2.05, 4.69) is 80.4 Å². The number of nitrogens with one attached hydrogen (secondary N) is 5. The molecule has 4 aliphatic rings. The van der Waals surface area contributed by atoms with E-state index in [-0.39, 0.29) is 23.7 Å². The van der Waals surface area contributed by atoms with E-state index >= 15 is 0 Å². The number of hydrogen-bond donors (Lipinski definition) is 5. The van der Waals surface area contributed by atoms with Gasteiger partial charge in [0.05, 0.1) is 43.5 Å². The number of aromatic nitrogens is 5. The van der Waals surface area contributed by atoms with Crippen LogP contribution in [0.5, 0.6) is 0 Å². The molecule has 2 aliphatic carbocycles. The molecule has 9 rings (SSSR count). The molecule has 2 saturated carbocycles. The normalized spacial score (nSPS) is 23.7. The minimum Gasteiger partial charge on any atom is -0.483 e. The molecule has 4 fully saturated rings. The number of H-pyrrole nitrogens is 3. The van der Waals surface area contributed by atoms with Gasteiger partial charge in [0.15, 0.2) is 5.88 Å². The number of benzene rings is 2. The van der Waals surface area contributed by atoms with Crippen LogP contribution in [0.4, 0.5) is 4.79 Å². The van der Waals surface area contributed by atoms with E-state index in [0.717, 1.165) is 107 Å². The second kappa shape index (κ2) is 15.7. The van der Waals surface area contributed by atoms with E-state index in [0.29, 0.717) is 24.3 Å². The molecule has 14 nitrogen and oxygen atoms in total. The first-order chi connectivity index (χ1) is 29.8. The maximum Gasteiger partial charge on any atom is 0.407 e. The number of carbonyl (C=O) groups excluding carboxylic acids is 3. The van der Waals surface area contributed by atoms with E-state index in [1.54, 1.807) is 7.11 Å². The van der Waals surface area contributed by atoms with Gasteiger partial charge in [0.2, 0.25) is 11.8 Å². The Kier molecular flexibility index (Phi) is 10.5. The van der Waals surface area contributed by atoms with Gasteiger partial charge in [-0.15, -0.1) is 0 Å². The number of carbonyl (C=O) groups is 3. The molecule has 3 aromatic heterocycles. The Morgan fingerprint density at radius 2 is 1.29 bits per heavy atom. The zero-order valence-electron chi connectivity index (χ0n) is 36.9. The molecule has 14 heteroatoms. The fraction of sp³-hybridized carbons (Fsp3) is 0.479. The summed E-state index contributed by atoms with van der Waals surface area (Å²) in [4.78, 5) is 65.2. The molecule has 2 aromatic carbocycles. The Morgan fingerprint density at radius 3 is 1.84 bits per heavy atom. The van der Waals surface area contributed by atoms with E-state index in [9.17, 15) is 14.4 Å². The number of aromatic amines is 3. The van der Waals surface area contributed by atoms with Crippen molar-refractivity contribution in [3.8, 4) is 33.6 Å². The minimum absolute atomic E-state index is 0.0476. The Balaban J connectivity index is 0.967. The van der Waals surface area contributed by atoms with Crippen LogP contribution in [0.3, 0.4) is 0 Å². The van der Waals surface area contributed by atoms with Crippen LogP contribution in [0, 0.1) is 30.6 Å². The van der Waals surface area contributed by atoms with Crippen molar-refractivity contribution in [3.63, 3.8) is 0 Å². The Bertz CT molecular complexity index is 2540. The number of likely N-dealkylation sites (tertiary alicyclic amines) is 2. The predicted octanol–water partition coefficient (Wildman–Crippen LogP) is 7.71. The highest BCUT2D eigenvalue weighted by atomic mass is 16.5. The highest BCUT2D eigenvalue weighted by molar-refractivity contribution is 6.04. The molecule has 4 bridgehead atoms. The van der Waals surface area contributed by atoms with Gasteiger partial charge in [-0.2, -0.15) is 0 Å². The van der Waals surface area contributed by atoms with Crippen LogP contribution >= 0.6 is 0 Å². The standard InChI is InChI=1S/C48H59N9O5/c1-26(2)39(52-29(6)61-7)42(58)56-24-30-15-17-47(56,19-30)44-50-22-36(53-44)33-11-9-32(10-12-33)34-13-14-35(41-38(34)28(5)21-49-41)37-23-51-45(54-37)48-18-16-31(20-48)25-57(48)43(59)40(27(3)4)55-46(60)62-8/h9-14,21-23,26-27,30-31,39-40,49,52H,6,15-20,24-25H2,1-5,7-8H3,(H,50,53)(H,51,54)(H,55,60)/t30-,31-,39-,40-,47-,48-/m0/s1. The predicted molar refractivity (Wildman–Crippen MR) is 237 cm³/mol. The van der Waals surface area contributed by atoms with Crippen LogP contribution in [-0.4, -0.2) is 92.0 Å². The van der Waals surface area contributed by atoms with Crippen molar-refractivity contribution < 1.29 is 23.9 Å². The number of amides is 3. The molecule has 2 saturated heterocycles. The number of hydrogen-bond acceptors (Lipinski definition) is 8. The van der Waals surface area contributed by atoms with Crippen LogP contribution in [0.25, 0.3) is 44.5 Å². The van der Waals surface area contributed by atoms with Crippen molar-refractivity contribution >= 4 is 28.8 Å². The largest absolute Gasteiger partial charge is 0.483 e. The van der Waals surface area contributed by atoms with Crippen LogP contribution < -0.4 is 10.6 Å². The third kappa shape index (κ3) is 6.73. The molecule has 0 unspecified atom stereocenters. The molecular formula is C48H59N9O5. The van der Waals surface area contributed by atoms with Crippen LogP contribution in [0.2, 0.25) is 0 Å². The summed E-state index contributed by atoms with van der Waals surface area (Å²) >= 11 is 0. The molecule has 326 valence electrons. The summed E-state index contributed by atoms with van der Waals surface area (Å²) in [7, 11) is 2.87. The van der Waals surface area contributed by atoms with Gasteiger partial charge in [-0.25, -0.2) is 14.8 Å². The van der Waals surface area contributed by atoms with Crippen molar-refractivity contribution in [2.75, 3.05) is 27.3 Å². The molecule has 5 aromatic rings. The van der Waals surface area contributed by atoms with Crippen molar-refractivity contribution in [1.82, 2.24) is 45.4 Å². The molecule has 5 N–H and O–H groups in total. The summed E-state index contributed by atoms with van der Waals surface area (Å²) in [5, 5.41) is 7.11. The van der Waals surface area contributed by atoms with Crippen LogP contribution in [-0.2, 0) is 30.1 Å². The maximum atomic E-state index is 14.1. The number of piperidine rings is 2. The Morgan fingerprint density at radius 1 is 0.758 bits per heavy atom. The van der Waals surface area contributed by atoms with Gasteiger partial charge in [-0.1, -0.05) is 64.1 Å². The summed E-state index contributed by atoms with van der Waals surface area (Å²) in [6.07, 6.45) is 10.7. The smallest absolute Gasteiger partial charge is 0.407 e. The number of ether oxygens (including phenoxy) is 2. The highest BCUT2D eigenvalue weighted by Crippen LogP contribution is 2.54. The molecule has 6 atom stereocenters. The highest BCUT2D eigenvalue weighted by Gasteiger charge is 2.57. The fourth-order valence-electron chi connectivity index (χ4n) is 11.1. The monoisotopic (exact) mass is 841 g/mol. The third-order valence-corrected chi connectivity index (χ3v) is 14.4. The van der Waals surface area contributed by atoms with Crippen molar-refractivity contribution in [2.24, 2.45) is 23.7 Å². The van der Waals surface area contributed by atoms with Gasteiger partial charge in [-0.3, -0.25) is 9.59 Å². The molecule has 0 spiro atoms. The molecular weight excluding hydrogens is 783 g/mol. The van der Waals surface area contributed by atoms with Gasteiger partial charge < -0.3 is 44.9 Å². The lowest BCUT2D eigenvalue weighted by atomic mass is 9.93. The lowest BCUT2D eigenvalue weighted by Gasteiger charge is -2.40. The number of rotatable bonds is 13. The van der Waals surface area contributed by atoms with Gasteiger partial charge in [-0.05, 0) is 98.0 Å². The first kappa shape index (κ1) is 41.3. The fourth-order valence-corrected chi connectivity index (χ4v) is 11.1. The van der Waals surface area contributed by atoms with Gasteiger partial charge in [0.1, 0.15) is 34.8 Å². The average molecular weight is 842 g/mol. The summed E-state index contributed by atoms with van der Waals surface area (Å²) in [6, 6.07) is 11.7. The lowest BCUT2D eigenvalue weighted by molar-refractivity contribution is -0.141. The zero-order valence-corrected chi connectivity index (χ0v) is 36.9. The number of imidazole rings is 2. The number of methoxy groups -OCH3 is 2. The van der Waals surface area contributed by atoms with E-state index in [1.807, 2.05) is 51.2 Å². The SMILES string of the molecule is C=C(N[C@H](C(=O)N1C[C@H]2CC[C@@]1(c1ncc(-c3ccc(-c4ccc(-c5cnc([C@@]67CC[C@H](CN6C(=O)[C@@H](NC(=O)OC)C(C)C)C7)[nH]5)c5[nH]cc(C)c45)cc3)[nH]1)C2)C(C)C)OC. The van der Waals surface area contributed by atoms with Crippen molar-refractivity contribution in [1.29, 1.82) is 0 Å². The summed E-state index contributed by atoms with van der Waals surface area (Å²) in [5.74, 6) is 2.73. The van der Waals surface area contributed by atoms with Crippen LogP contribution in [0.1, 0.15) is 83.4 Å². The van der Waals surface area contributed by atoms with E-state index < -0.39 is 29.3 Å². The summed E-state index contributed by atoms with van der Waals surface area (Å²) in [6.45, 7) is 15.3. The van der Waals surface area contributed by atoms with Gasteiger partial charge >= 0.3 is 6.09 Å². The van der Waals surface area contributed by atoms with Gasteiger partial charge in [0.25, 0.3) is 0 Å². The second-order valence-electron chi connectivity index (χ2n) is 18.8. The van der Waals surface area contributed by atoms with Crippen LogP contribution in [0.15, 0.2) is 67.5 Å². The van der Waals surface area contributed by atoms with Gasteiger partial charge in [0, 0.05) is 30.2 Å². The van der Waals surface area contributed by atoms with Crippen molar-refractivity contribution in [3.05, 3.63) is 84.7 Å². The number of fused-ring (bicyclic) bond motifs is 5. The molecule has 62 heavy (non-hydrogen) atoms. The van der Waals surface area contributed by atoms with E-state index in [4.69, 9.17) is 19.4 Å². The zero-order chi connectivity index (χ0) is 43.7. The topological polar surface area (TPSA) is 173 Å². The summed E-state index contributed by atoms with van der Waals surface area (Å²) in [5.41, 5.74) is 7.12. The lowest BCUT2D eigenvalue weighted by Crippen LogP contribution is -2.56. The van der Waals surface area contributed by atoms with E-state index in [1.165, 1.54) is 7.11 Å². The Hall–Kier alpha value is -6.05. The third-order valence-electron chi connectivity index (χ3n) is 14.4. The molecule has 0 radical (unpaired) electrons. The number of nitrogens with zero attached hydrogens (tertiary/aromatic N) is 4. The number of alkyl carbamates (subject to hydrolysis) is 1. The molecule has 3 amide bonds. The quantitative estimate of drug-likeness (QED) is 0.0750. The average Bonchev–Trinajstić information content (AvgIpc) is 4.14. The first-order valence-electron chi connectivity index (χ1n) is 22.1. The maximum absolute atomic E-state index is 14.1. The second-order valence-corrected chi connectivity index (χ2v) is 18.8. The first-order valence-corrected chi connectivity index (χ1v) is 22.1. The molecule has 5 heterocycles. The summed E-state index contributed by atoms with van der Waals surface area (Å²) < 4.78 is 10.1.